The molecule has 0 radical (unpaired) electrons. The van der Waals surface area contributed by atoms with Crippen molar-refractivity contribution in [3.63, 3.8) is 0 Å². The third-order valence-corrected chi connectivity index (χ3v) is 3.07. The molecule has 2 N–H and O–H groups in total. The number of nitrogens with two attached hydrogens (primary N) is 1. The Kier molecular flexibility index (Phi) is 3.17. The minimum atomic E-state index is -0.392. The van der Waals surface area contributed by atoms with Crippen LogP contribution in [-0.2, 0) is 4.79 Å². The van der Waals surface area contributed by atoms with Gasteiger partial charge in [-0.25, -0.2) is 4.39 Å². The van der Waals surface area contributed by atoms with Crippen LogP contribution in [0, 0.1) is 5.82 Å². The summed E-state index contributed by atoms with van der Waals surface area (Å²) in [4.78, 5) is 15.1. The van der Waals surface area contributed by atoms with Gasteiger partial charge in [0.15, 0.2) is 0 Å². The Bertz CT molecular complexity index is 428. The van der Waals surface area contributed by atoms with E-state index in [1.807, 2.05) is 4.90 Å². The maximum Gasteiger partial charge on any atom is 0.219 e. The molecular weight excluding hydrogens is 221 g/mol. The van der Waals surface area contributed by atoms with Gasteiger partial charge in [0.25, 0.3) is 0 Å². The van der Waals surface area contributed by atoms with Gasteiger partial charge in [0.05, 0.1) is 5.69 Å². The van der Waals surface area contributed by atoms with Gasteiger partial charge in [0.1, 0.15) is 5.82 Å². The van der Waals surface area contributed by atoms with Crippen molar-refractivity contribution in [2.45, 2.75) is 6.92 Å². The minimum absolute atomic E-state index is 0.100. The molecule has 1 aliphatic heterocycles. The van der Waals surface area contributed by atoms with Crippen LogP contribution in [0.2, 0.25) is 0 Å². The van der Waals surface area contributed by atoms with Gasteiger partial charge in [0, 0.05) is 38.8 Å². The molecule has 1 heterocycles. The molecule has 2 rings (SSSR count). The van der Waals surface area contributed by atoms with E-state index in [9.17, 15) is 9.18 Å². The third-order valence-electron chi connectivity index (χ3n) is 3.07. The molecule has 1 fully saturated rings. The topological polar surface area (TPSA) is 49.6 Å². The molecule has 17 heavy (non-hydrogen) atoms. The fraction of sp³-hybridized carbons (Fsp3) is 0.417. The standard InChI is InChI=1S/C12H16FN3O/c1-9(17)15-4-6-16(7-5-15)10-2-3-11(13)12(14)8-10/h2-3,8H,4-7,14H2,1H3. The molecule has 4 nitrogen and oxygen atoms in total. The van der Waals surface area contributed by atoms with Crippen molar-refractivity contribution in [2.75, 3.05) is 36.8 Å². The van der Waals surface area contributed by atoms with Crippen LogP contribution in [0.4, 0.5) is 15.8 Å². The maximum absolute atomic E-state index is 13.0. The van der Waals surface area contributed by atoms with Crippen molar-refractivity contribution >= 4 is 17.3 Å². The Morgan fingerprint density at radius 3 is 2.47 bits per heavy atom. The Balaban J connectivity index is 2.05. The second kappa shape index (κ2) is 4.61. The van der Waals surface area contributed by atoms with Crippen LogP contribution in [0.3, 0.4) is 0 Å². The lowest BCUT2D eigenvalue weighted by atomic mass is 10.2. The fourth-order valence-electron chi connectivity index (χ4n) is 2.01. The van der Waals surface area contributed by atoms with Gasteiger partial charge in [-0.1, -0.05) is 0 Å². The number of carbonyl (C=O) groups is 1. The summed E-state index contributed by atoms with van der Waals surface area (Å²) in [5.74, 6) is -0.292. The third kappa shape index (κ3) is 2.49. The Morgan fingerprint density at radius 1 is 1.29 bits per heavy atom. The van der Waals surface area contributed by atoms with E-state index >= 15 is 0 Å². The van der Waals surface area contributed by atoms with E-state index in [4.69, 9.17) is 5.73 Å². The molecule has 1 saturated heterocycles. The molecule has 0 aliphatic carbocycles. The molecular formula is C12H16FN3O. The average Bonchev–Trinajstić information content (AvgIpc) is 2.33. The summed E-state index contributed by atoms with van der Waals surface area (Å²) in [6.45, 7) is 4.49. The molecule has 0 unspecified atom stereocenters. The zero-order valence-electron chi connectivity index (χ0n) is 9.82. The van der Waals surface area contributed by atoms with E-state index in [-0.39, 0.29) is 11.6 Å². The number of anilines is 2. The van der Waals surface area contributed by atoms with Crippen LogP contribution in [0.5, 0.6) is 0 Å². The second-order valence-electron chi connectivity index (χ2n) is 4.20. The highest BCUT2D eigenvalue weighted by Gasteiger charge is 2.19. The molecule has 0 bridgehead atoms. The van der Waals surface area contributed by atoms with E-state index in [0.29, 0.717) is 13.1 Å². The van der Waals surface area contributed by atoms with Crippen molar-refractivity contribution in [1.29, 1.82) is 0 Å². The second-order valence-corrected chi connectivity index (χ2v) is 4.20. The van der Waals surface area contributed by atoms with Crippen LogP contribution in [0.1, 0.15) is 6.92 Å². The van der Waals surface area contributed by atoms with Gasteiger partial charge in [0.2, 0.25) is 5.91 Å². The molecule has 0 atom stereocenters. The van der Waals surface area contributed by atoms with Gasteiger partial charge in [-0.15, -0.1) is 0 Å². The summed E-state index contributed by atoms with van der Waals surface area (Å²) in [6, 6.07) is 4.73. The van der Waals surface area contributed by atoms with Gasteiger partial charge >= 0.3 is 0 Å². The van der Waals surface area contributed by atoms with E-state index < -0.39 is 5.82 Å². The molecule has 1 amide bonds. The first-order valence-electron chi connectivity index (χ1n) is 5.63. The molecule has 1 aromatic rings. The SMILES string of the molecule is CC(=O)N1CCN(c2ccc(F)c(N)c2)CC1. The first kappa shape index (κ1) is 11.7. The summed E-state index contributed by atoms with van der Waals surface area (Å²) >= 11 is 0. The fourth-order valence-corrected chi connectivity index (χ4v) is 2.01. The summed E-state index contributed by atoms with van der Waals surface area (Å²) in [6.07, 6.45) is 0. The molecule has 0 saturated carbocycles. The van der Waals surface area contributed by atoms with Crippen LogP contribution in [0.15, 0.2) is 18.2 Å². The van der Waals surface area contributed by atoms with Crippen LogP contribution >= 0.6 is 0 Å². The smallest absolute Gasteiger partial charge is 0.219 e. The number of hydrogen-bond acceptors (Lipinski definition) is 3. The largest absolute Gasteiger partial charge is 0.396 e. The van der Waals surface area contributed by atoms with Gasteiger partial charge in [-0.2, -0.15) is 0 Å². The van der Waals surface area contributed by atoms with Gasteiger partial charge in [-0.05, 0) is 18.2 Å². The predicted octanol–water partition coefficient (Wildman–Crippen LogP) is 1.08. The number of halogens is 1. The summed E-state index contributed by atoms with van der Waals surface area (Å²) < 4.78 is 13.0. The van der Waals surface area contributed by atoms with Crippen LogP contribution in [0.25, 0.3) is 0 Å². The molecule has 0 aromatic heterocycles. The van der Waals surface area contributed by atoms with Crippen molar-refractivity contribution in [3.05, 3.63) is 24.0 Å². The van der Waals surface area contributed by atoms with Gasteiger partial charge in [-0.3, -0.25) is 4.79 Å². The van der Waals surface area contributed by atoms with Gasteiger partial charge < -0.3 is 15.5 Å². The maximum atomic E-state index is 13.0. The Labute approximate surface area is 99.8 Å². The number of hydrogen-bond donors (Lipinski definition) is 1. The number of nitrogen functional groups attached to an aromatic ring is 1. The lowest BCUT2D eigenvalue weighted by molar-refractivity contribution is -0.129. The molecule has 5 heteroatoms. The van der Waals surface area contributed by atoms with E-state index in [1.165, 1.54) is 6.07 Å². The molecule has 1 aromatic carbocycles. The lowest BCUT2D eigenvalue weighted by Crippen LogP contribution is -2.48. The number of piperazine rings is 1. The Morgan fingerprint density at radius 2 is 1.94 bits per heavy atom. The number of benzene rings is 1. The van der Waals surface area contributed by atoms with Crippen LogP contribution < -0.4 is 10.6 Å². The average molecular weight is 237 g/mol. The summed E-state index contributed by atoms with van der Waals surface area (Å²) in [5.41, 5.74) is 6.61. The zero-order chi connectivity index (χ0) is 12.4. The van der Waals surface area contributed by atoms with E-state index in [2.05, 4.69) is 4.90 Å². The molecule has 1 aliphatic rings. The number of nitrogens with zero attached hydrogens (tertiary/aromatic N) is 2. The monoisotopic (exact) mass is 237 g/mol. The van der Waals surface area contributed by atoms with Crippen molar-refractivity contribution in [3.8, 4) is 0 Å². The number of carbonyl (C=O) groups excluding carboxylic acids is 1. The Hall–Kier alpha value is -1.78. The first-order chi connectivity index (χ1) is 8.08. The summed E-state index contributed by atoms with van der Waals surface area (Å²) in [5, 5.41) is 0. The summed E-state index contributed by atoms with van der Waals surface area (Å²) in [7, 11) is 0. The first-order valence-corrected chi connectivity index (χ1v) is 5.63. The predicted molar refractivity (Wildman–Crippen MR) is 65.3 cm³/mol. The normalized spacial score (nSPS) is 16.1. The van der Waals surface area contributed by atoms with Crippen LogP contribution in [-0.4, -0.2) is 37.0 Å². The van der Waals surface area contributed by atoms with E-state index in [0.717, 1.165) is 18.8 Å². The quantitative estimate of drug-likeness (QED) is 0.743. The number of rotatable bonds is 1. The minimum Gasteiger partial charge on any atom is -0.396 e. The number of amides is 1. The molecule has 92 valence electrons. The highest BCUT2D eigenvalue weighted by Crippen LogP contribution is 2.21. The van der Waals surface area contributed by atoms with Crippen molar-refractivity contribution < 1.29 is 9.18 Å². The van der Waals surface area contributed by atoms with Crippen molar-refractivity contribution in [1.82, 2.24) is 4.90 Å². The van der Waals surface area contributed by atoms with Crippen molar-refractivity contribution in [2.24, 2.45) is 0 Å². The highest BCUT2D eigenvalue weighted by atomic mass is 19.1. The zero-order valence-corrected chi connectivity index (χ0v) is 9.82. The van der Waals surface area contributed by atoms with E-state index in [1.54, 1.807) is 19.1 Å². The highest BCUT2D eigenvalue weighted by molar-refractivity contribution is 5.73. The lowest BCUT2D eigenvalue weighted by Gasteiger charge is -2.35. The molecule has 0 spiro atoms.